The van der Waals surface area contributed by atoms with Gasteiger partial charge in [-0.1, -0.05) is 30.3 Å². The number of hydrogen-bond donors (Lipinski definition) is 1. The highest BCUT2D eigenvalue weighted by Gasteiger charge is 2.14. The third-order valence-corrected chi connectivity index (χ3v) is 5.46. The summed E-state index contributed by atoms with van der Waals surface area (Å²) >= 11 is 1.33. The number of rotatable bonds is 3. The van der Waals surface area contributed by atoms with Gasteiger partial charge >= 0.3 is 5.97 Å². The predicted octanol–water partition coefficient (Wildman–Crippen LogP) is 6.01. The van der Waals surface area contributed by atoms with E-state index in [1.807, 2.05) is 6.07 Å². The van der Waals surface area contributed by atoms with Crippen molar-refractivity contribution in [2.75, 3.05) is 0 Å². The molecule has 24 heavy (non-hydrogen) atoms. The minimum Gasteiger partial charge on any atom is -0.477 e. The topological polar surface area (TPSA) is 37.3 Å². The Hall–Kier alpha value is -2.39. The molecule has 3 heteroatoms. The van der Waals surface area contributed by atoms with Crippen LogP contribution in [0.5, 0.6) is 0 Å². The second-order valence-electron chi connectivity index (χ2n) is 6.22. The molecular weight excluding hydrogens is 316 g/mol. The summed E-state index contributed by atoms with van der Waals surface area (Å²) in [4.78, 5) is 12.5. The first-order chi connectivity index (χ1) is 11.4. The van der Waals surface area contributed by atoms with Gasteiger partial charge in [0.05, 0.1) is 0 Å². The lowest BCUT2D eigenvalue weighted by Crippen LogP contribution is -1.93. The zero-order chi connectivity index (χ0) is 17.4. The molecule has 0 aliphatic rings. The number of carbonyl (C=O) groups is 1. The second-order valence-corrected chi connectivity index (χ2v) is 7.30. The molecule has 3 aromatic rings. The van der Waals surface area contributed by atoms with E-state index < -0.39 is 5.97 Å². The number of benzene rings is 2. The van der Waals surface area contributed by atoms with Gasteiger partial charge in [-0.05, 0) is 78.8 Å². The molecule has 3 rings (SSSR count). The Bertz CT molecular complexity index is 892. The van der Waals surface area contributed by atoms with E-state index in [0.717, 1.165) is 10.4 Å². The van der Waals surface area contributed by atoms with Gasteiger partial charge in [0.15, 0.2) is 0 Å². The zero-order valence-corrected chi connectivity index (χ0v) is 15.1. The van der Waals surface area contributed by atoms with Crippen LogP contribution in [0, 0.1) is 27.7 Å². The van der Waals surface area contributed by atoms with Crippen molar-refractivity contribution >= 4 is 17.3 Å². The summed E-state index contributed by atoms with van der Waals surface area (Å²) in [6.07, 6.45) is 0. The average molecular weight is 336 g/mol. The summed E-state index contributed by atoms with van der Waals surface area (Å²) in [7, 11) is 0. The van der Waals surface area contributed by atoms with E-state index in [1.165, 1.54) is 44.7 Å². The lowest BCUT2D eigenvalue weighted by Gasteiger charge is -2.15. The second kappa shape index (κ2) is 6.25. The van der Waals surface area contributed by atoms with Crippen LogP contribution < -0.4 is 0 Å². The van der Waals surface area contributed by atoms with Crippen LogP contribution in [0.1, 0.15) is 31.9 Å². The molecule has 0 radical (unpaired) electrons. The Morgan fingerprint density at radius 1 is 0.833 bits per heavy atom. The standard InChI is InChI=1S/C21H20O2S/c1-12-6-5-7-13(2)19(12)16-10-14(3)20(15(4)11-16)17-8-9-18(24-17)21(22)23/h5-11H,1-4H3,(H,22,23). The van der Waals surface area contributed by atoms with E-state index in [0.29, 0.717) is 4.88 Å². The molecule has 2 aromatic carbocycles. The molecule has 1 N–H and O–H groups in total. The number of hydrogen-bond acceptors (Lipinski definition) is 2. The summed E-state index contributed by atoms with van der Waals surface area (Å²) in [6, 6.07) is 14.4. The quantitative estimate of drug-likeness (QED) is 0.635. The monoisotopic (exact) mass is 336 g/mol. The van der Waals surface area contributed by atoms with E-state index >= 15 is 0 Å². The van der Waals surface area contributed by atoms with Crippen LogP contribution in [0.4, 0.5) is 0 Å². The first kappa shape index (κ1) is 16.5. The fourth-order valence-electron chi connectivity index (χ4n) is 3.35. The SMILES string of the molecule is Cc1cccc(C)c1-c1cc(C)c(-c2ccc(C(=O)O)s2)c(C)c1. The highest BCUT2D eigenvalue weighted by Crippen LogP contribution is 2.37. The van der Waals surface area contributed by atoms with Crippen molar-refractivity contribution in [3.8, 4) is 21.6 Å². The van der Waals surface area contributed by atoms with E-state index in [2.05, 4.69) is 58.0 Å². The van der Waals surface area contributed by atoms with Crippen molar-refractivity contribution in [2.24, 2.45) is 0 Å². The van der Waals surface area contributed by atoms with Crippen LogP contribution >= 0.6 is 11.3 Å². The minimum absolute atomic E-state index is 0.377. The van der Waals surface area contributed by atoms with Gasteiger partial charge in [-0.2, -0.15) is 0 Å². The maximum Gasteiger partial charge on any atom is 0.345 e. The molecule has 122 valence electrons. The Morgan fingerprint density at radius 2 is 1.42 bits per heavy atom. The molecule has 0 aliphatic heterocycles. The normalized spacial score (nSPS) is 10.8. The largest absolute Gasteiger partial charge is 0.477 e. The van der Waals surface area contributed by atoms with Gasteiger partial charge in [-0.25, -0.2) is 4.79 Å². The molecule has 0 spiro atoms. The Balaban J connectivity index is 2.14. The van der Waals surface area contributed by atoms with Crippen molar-refractivity contribution in [1.29, 1.82) is 0 Å². The highest BCUT2D eigenvalue weighted by atomic mass is 32.1. The van der Waals surface area contributed by atoms with Crippen molar-refractivity contribution in [3.05, 3.63) is 69.6 Å². The Morgan fingerprint density at radius 3 is 1.92 bits per heavy atom. The minimum atomic E-state index is -0.867. The third-order valence-electron chi connectivity index (χ3n) is 4.37. The highest BCUT2D eigenvalue weighted by molar-refractivity contribution is 7.17. The van der Waals surface area contributed by atoms with Crippen molar-refractivity contribution in [1.82, 2.24) is 0 Å². The maximum atomic E-state index is 11.1. The molecule has 0 unspecified atom stereocenters. The molecule has 0 atom stereocenters. The molecule has 2 nitrogen and oxygen atoms in total. The van der Waals surface area contributed by atoms with E-state index in [1.54, 1.807) is 6.07 Å². The van der Waals surface area contributed by atoms with Crippen molar-refractivity contribution in [3.63, 3.8) is 0 Å². The van der Waals surface area contributed by atoms with Gasteiger partial charge in [0.1, 0.15) is 4.88 Å². The summed E-state index contributed by atoms with van der Waals surface area (Å²) in [5.74, 6) is -0.867. The molecule has 0 amide bonds. The van der Waals surface area contributed by atoms with Crippen LogP contribution in [0.15, 0.2) is 42.5 Å². The van der Waals surface area contributed by atoms with Crippen LogP contribution in [-0.2, 0) is 0 Å². The number of aryl methyl sites for hydroxylation is 4. The molecule has 0 saturated carbocycles. The Kier molecular flexibility index (Phi) is 4.29. The molecular formula is C21H20O2S. The summed E-state index contributed by atoms with van der Waals surface area (Å²) < 4.78 is 0. The zero-order valence-electron chi connectivity index (χ0n) is 14.3. The summed E-state index contributed by atoms with van der Waals surface area (Å²) in [6.45, 7) is 8.47. The Labute approximate surface area is 146 Å². The molecule has 0 saturated heterocycles. The van der Waals surface area contributed by atoms with E-state index in [9.17, 15) is 4.79 Å². The van der Waals surface area contributed by atoms with Gasteiger partial charge in [0, 0.05) is 4.88 Å². The average Bonchev–Trinajstić information content (AvgIpc) is 2.96. The predicted molar refractivity (Wildman–Crippen MR) is 101 cm³/mol. The lowest BCUT2D eigenvalue weighted by atomic mass is 9.90. The van der Waals surface area contributed by atoms with Gasteiger partial charge < -0.3 is 5.11 Å². The molecule has 0 aliphatic carbocycles. The number of carboxylic acid groups (broad SMARTS) is 1. The van der Waals surface area contributed by atoms with Crippen LogP contribution in [0.3, 0.4) is 0 Å². The van der Waals surface area contributed by atoms with Crippen LogP contribution in [0.25, 0.3) is 21.6 Å². The molecule has 1 heterocycles. The van der Waals surface area contributed by atoms with Crippen molar-refractivity contribution in [2.45, 2.75) is 27.7 Å². The number of thiophene rings is 1. The van der Waals surface area contributed by atoms with Gasteiger partial charge in [-0.3, -0.25) is 0 Å². The van der Waals surface area contributed by atoms with Gasteiger partial charge in [0.25, 0.3) is 0 Å². The summed E-state index contributed by atoms with van der Waals surface area (Å²) in [5, 5.41) is 9.15. The molecule has 0 bridgehead atoms. The first-order valence-corrected chi connectivity index (χ1v) is 8.71. The summed E-state index contributed by atoms with van der Waals surface area (Å²) in [5.41, 5.74) is 8.53. The fourth-order valence-corrected chi connectivity index (χ4v) is 4.37. The first-order valence-electron chi connectivity index (χ1n) is 7.90. The van der Waals surface area contributed by atoms with Gasteiger partial charge in [0.2, 0.25) is 0 Å². The van der Waals surface area contributed by atoms with E-state index in [-0.39, 0.29) is 0 Å². The number of aromatic carboxylic acids is 1. The maximum absolute atomic E-state index is 11.1. The van der Waals surface area contributed by atoms with Crippen LogP contribution in [-0.4, -0.2) is 11.1 Å². The smallest absolute Gasteiger partial charge is 0.345 e. The molecule has 1 aromatic heterocycles. The third kappa shape index (κ3) is 2.87. The molecule has 0 fully saturated rings. The van der Waals surface area contributed by atoms with Gasteiger partial charge in [-0.15, -0.1) is 11.3 Å². The van der Waals surface area contributed by atoms with Crippen molar-refractivity contribution < 1.29 is 9.90 Å². The lowest BCUT2D eigenvalue weighted by molar-refractivity contribution is 0.0702. The number of carboxylic acids is 1. The fraction of sp³-hybridized carbons (Fsp3) is 0.190. The van der Waals surface area contributed by atoms with Crippen LogP contribution in [0.2, 0.25) is 0 Å². The van der Waals surface area contributed by atoms with E-state index in [4.69, 9.17) is 5.11 Å².